The predicted octanol–water partition coefficient (Wildman–Crippen LogP) is 3.61. The lowest BCUT2D eigenvalue weighted by Crippen LogP contribution is -1.98. The number of rotatable bonds is 4. The van der Waals surface area contributed by atoms with Crippen LogP contribution in [0.2, 0.25) is 0 Å². The molecule has 4 heteroatoms. The molecule has 0 N–H and O–H groups in total. The molecular weight excluding hydrogens is 264 g/mol. The third-order valence-corrected chi connectivity index (χ3v) is 3.63. The van der Waals surface area contributed by atoms with E-state index in [4.69, 9.17) is 9.47 Å². The third-order valence-electron chi connectivity index (χ3n) is 3.63. The number of fused-ring (bicyclic) bond motifs is 1. The monoisotopic (exact) mass is 282 g/mol. The molecule has 0 aliphatic carbocycles. The lowest BCUT2D eigenvalue weighted by molar-refractivity contribution is 0.356. The molecule has 0 aliphatic rings. The summed E-state index contributed by atoms with van der Waals surface area (Å²) < 4.78 is 12.6. The summed E-state index contributed by atoms with van der Waals surface area (Å²) in [6, 6.07) is 12.1. The highest BCUT2D eigenvalue weighted by Gasteiger charge is 2.11. The van der Waals surface area contributed by atoms with Crippen molar-refractivity contribution in [3.05, 3.63) is 48.2 Å². The molecule has 108 valence electrons. The molecule has 3 rings (SSSR count). The summed E-state index contributed by atoms with van der Waals surface area (Å²) in [4.78, 5) is 0. The molecule has 0 unspecified atom stereocenters. The highest BCUT2D eigenvalue weighted by atomic mass is 16.5. The molecular formula is C17H18N2O2. The minimum atomic E-state index is 0.694. The van der Waals surface area contributed by atoms with Crippen LogP contribution in [0.5, 0.6) is 11.5 Å². The van der Waals surface area contributed by atoms with Crippen molar-refractivity contribution in [2.24, 2.45) is 0 Å². The van der Waals surface area contributed by atoms with Gasteiger partial charge in [-0.25, -0.2) is 4.68 Å². The predicted molar refractivity (Wildman–Crippen MR) is 83.6 cm³/mol. The van der Waals surface area contributed by atoms with Gasteiger partial charge in [-0.2, -0.15) is 5.10 Å². The topological polar surface area (TPSA) is 36.3 Å². The third kappa shape index (κ3) is 2.33. The zero-order valence-electron chi connectivity index (χ0n) is 12.5. The molecule has 0 spiro atoms. The summed E-state index contributed by atoms with van der Waals surface area (Å²) in [5.74, 6) is 1.41. The van der Waals surface area contributed by atoms with Crippen molar-refractivity contribution in [2.75, 3.05) is 14.2 Å². The Hall–Kier alpha value is -2.49. The van der Waals surface area contributed by atoms with Gasteiger partial charge in [0.15, 0.2) is 11.5 Å². The second-order valence-corrected chi connectivity index (χ2v) is 4.82. The number of hydrogen-bond acceptors (Lipinski definition) is 3. The van der Waals surface area contributed by atoms with Crippen molar-refractivity contribution < 1.29 is 9.47 Å². The van der Waals surface area contributed by atoms with E-state index in [9.17, 15) is 0 Å². The fourth-order valence-corrected chi connectivity index (χ4v) is 2.51. The fraction of sp³-hybridized carbons (Fsp3) is 0.235. The van der Waals surface area contributed by atoms with Gasteiger partial charge in [0.25, 0.3) is 0 Å². The number of ether oxygens (including phenoxy) is 2. The second-order valence-electron chi connectivity index (χ2n) is 4.82. The Balaban J connectivity index is 2.17. The van der Waals surface area contributed by atoms with Crippen LogP contribution in [0.1, 0.15) is 12.5 Å². The average Bonchev–Trinajstić information content (AvgIpc) is 2.95. The van der Waals surface area contributed by atoms with Crippen LogP contribution in [0, 0.1) is 0 Å². The van der Waals surface area contributed by atoms with Gasteiger partial charge in [0, 0.05) is 17.6 Å². The van der Waals surface area contributed by atoms with Gasteiger partial charge in [0.05, 0.1) is 25.4 Å². The van der Waals surface area contributed by atoms with Gasteiger partial charge in [-0.15, -0.1) is 0 Å². The Morgan fingerprint density at radius 3 is 2.48 bits per heavy atom. The minimum absolute atomic E-state index is 0.694. The molecule has 0 atom stereocenters. The number of methoxy groups -OCH3 is 2. The number of benzene rings is 2. The van der Waals surface area contributed by atoms with E-state index in [0.29, 0.717) is 11.5 Å². The van der Waals surface area contributed by atoms with E-state index < -0.39 is 0 Å². The highest BCUT2D eigenvalue weighted by molar-refractivity contribution is 5.82. The van der Waals surface area contributed by atoms with Gasteiger partial charge in [-0.05, 0) is 24.1 Å². The number of hydrogen-bond donors (Lipinski definition) is 0. The number of para-hydroxylation sites is 1. The number of aromatic nitrogens is 2. The Bertz CT molecular complexity index is 737. The second kappa shape index (κ2) is 5.48. The smallest absolute Gasteiger partial charge is 0.162 e. The molecule has 0 radical (unpaired) electrons. The minimum Gasteiger partial charge on any atom is -0.493 e. The fourth-order valence-electron chi connectivity index (χ4n) is 2.51. The molecule has 1 aromatic heterocycles. The molecule has 0 aliphatic heterocycles. The zero-order chi connectivity index (χ0) is 14.8. The largest absolute Gasteiger partial charge is 0.493 e. The lowest BCUT2D eigenvalue weighted by atomic mass is 10.1. The lowest BCUT2D eigenvalue weighted by Gasteiger charge is -2.06. The van der Waals surface area contributed by atoms with E-state index in [-0.39, 0.29) is 0 Å². The Morgan fingerprint density at radius 2 is 1.76 bits per heavy atom. The first-order chi connectivity index (χ1) is 10.3. The van der Waals surface area contributed by atoms with Gasteiger partial charge in [0.1, 0.15) is 0 Å². The SMILES string of the molecule is CCc1ccccc1-n1cc2cc(OC)c(OC)cc2n1. The standard InChI is InChI=1S/C17H18N2O2/c1-4-12-7-5-6-8-15(12)19-11-13-9-16(20-2)17(21-3)10-14(13)18-19/h5-11H,4H2,1-3H3. The van der Waals surface area contributed by atoms with Crippen molar-refractivity contribution in [1.29, 1.82) is 0 Å². The molecule has 3 aromatic rings. The Kier molecular flexibility index (Phi) is 3.52. The molecule has 0 fully saturated rings. The summed E-state index contributed by atoms with van der Waals surface area (Å²) in [5, 5.41) is 5.68. The number of aryl methyl sites for hydroxylation is 1. The van der Waals surface area contributed by atoms with E-state index in [1.807, 2.05) is 29.1 Å². The summed E-state index contributed by atoms with van der Waals surface area (Å²) in [6.07, 6.45) is 2.99. The zero-order valence-corrected chi connectivity index (χ0v) is 12.5. The van der Waals surface area contributed by atoms with Crippen molar-refractivity contribution in [2.45, 2.75) is 13.3 Å². The van der Waals surface area contributed by atoms with Crippen LogP contribution in [0.25, 0.3) is 16.6 Å². The van der Waals surface area contributed by atoms with Crippen LogP contribution in [0.3, 0.4) is 0 Å². The maximum absolute atomic E-state index is 5.34. The van der Waals surface area contributed by atoms with Crippen molar-refractivity contribution in [1.82, 2.24) is 9.78 Å². The highest BCUT2D eigenvalue weighted by Crippen LogP contribution is 2.32. The molecule has 0 saturated carbocycles. The van der Waals surface area contributed by atoms with Crippen LogP contribution in [0.15, 0.2) is 42.6 Å². The van der Waals surface area contributed by atoms with Crippen molar-refractivity contribution in [3.63, 3.8) is 0 Å². The average molecular weight is 282 g/mol. The van der Waals surface area contributed by atoms with Crippen LogP contribution in [-0.2, 0) is 6.42 Å². The molecule has 1 heterocycles. The van der Waals surface area contributed by atoms with Gasteiger partial charge in [-0.3, -0.25) is 0 Å². The molecule has 21 heavy (non-hydrogen) atoms. The molecule has 0 saturated heterocycles. The number of nitrogens with zero attached hydrogens (tertiary/aromatic N) is 2. The van der Waals surface area contributed by atoms with E-state index >= 15 is 0 Å². The first-order valence-corrected chi connectivity index (χ1v) is 6.96. The van der Waals surface area contributed by atoms with Crippen LogP contribution in [-0.4, -0.2) is 24.0 Å². The van der Waals surface area contributed by atoms with Gasteiger partial charge < -0.3 is 9.47 Å². The summed E-state index contributed by atoms with van der Waals surface area (Å²) in [7, 11) is 3.27. The first kappa shape index (κ1) is 13.5. The van der Waals surface area contributed by atoms with Crippen LogP contribution >= 0.6 is 0 Å². The quantitative estimate of drug-likeness (QED) is 0.733. The molecule has 0 bridgehead atoms. The van der Waals surface area contributed by atoms with Crippen molar-refractivity contribution >= 4 is 10.9 Å². The van der Waals surface area contributed by atoms with Gasteiger partial charge in [-0.1, -0.05) is 25.1 Å². The van der Waals surface area contributed by atoms with Crippen molar-refractivity contribution in [3.8, 4) is 17.2 Å². The first-order valence-electron chi connectivity index (χ1n) is 6.96. The summed E-state index contributed by atoms with van der Waals surface area (Å²) in [5.41, 5.74) is 3.26. The van der Waals surface area contributed by atoms with E-state index in [1.54, 1.807) is 14.2 Å². The van der Waals surface area contributed by atoms with E-state index in [1.165, 1.54) is 5.56 Å². The Labute approximate surface area is 123 Å². The van der Waals surface area contributed by atoms with Crippen LogP contribution < -0.4 is 9.47 Å². The maximum Gasteiger partial charge on any atom is 0.162 e. The van der Waals surface area contributed by atoms with Gasteiger partial charge in [0.2, 0.25) is 0 Å². The Morgan fingerprint density at radius 1 is 1.05 bits per heavy atom. The molecule has 4 nitrogen and oxygen atoms in total. The van der Waals surface area contributed by atoms with E-state index in [2.05, 4.69) is 30.2 Å². The van der Waals surface area contributed by atoms with E-state index in [0.717, 1.165) is 23.0 Å². The molecule has 0 amide bonds. The summed E-state index contributed by atoms with van der Waals surface area (Å²) in [6.45, 7) is 2.15. The maximum atomic E-state index is 5.34. The van der Waals surface area contributed by atoms with Gasteiger partial charge >= 0.3 is 0 Å². The van der Waals surface area contributed by atoms with Crippen LogP contribution in [0.4, 0.5) is 0 Å². The normalized spacial score (nSPS) is 10.8. The molecule has 2 aromatic carbocycles. The summed E-state index contributed by atoms with van der Waals surface area (Å²) >= 11 is 0.